The van der Waals surface area contributed by atoms with Crippen molar-refractivity contribution in [1.29, 1.82) is 0 Å². The van der Waals surface area contributed by atoms with Gasteiger partial charge in [-0.2, -0.15) is 12.6 Å². The predicted molar refractivity (Wildman–Crippen MR) is 114 cm³/mol. The zero-order chi connectivity index (χ0) is 20.7. The Morgan fingerprint density at radius 2 is 1.86 bits per heavy atom. The number of thiol groups is 1. The molecule has 0 aliphatic heterocycles. The van der Waals surface area contributed by atoms with Crippen molar-refractivity contribution in [3.8, 4) is 0 Å². The Bertz CT molecular complexity index is 646. The fourth-order valence-electron chi connectivity index (χ4n) is 3.72. The van der Waals surface area contributed by atoms with Crippen LogP contribution in [0.1, 0.15) is 50.2 Å². The number of likely N-dealkylation sites (N-methyl/N-ethyl adjacent to an activating group) is 1. The van der Waals surface area contributed by atoms with Gasteiger partial charge in [0.15, 0.2) is 0 Å². The van der Waals surface area contributed by atoms with Crippen LogP contribution in [0.2, 0.25) is 0 Å². The van der Waals surface area contributed by atoms with E-state index in [4.69, 9.17) is 9.47 Å². The molecule has 0 saturated heterocycles. The number of rotatable bonds is 9. The van der Waals surface area contributed by atoms with E-state index in [9.17, 15) is 9.59 Å². The summed E-state index contributed by atoms with van der Waals surface area (Å²) < 4.78 is 10.9. The van der Waals surface area contributed by atoms with Gasteiger partial charge in [0.1, 0.15) is 12.1 Å². The largest absolute Gasteiger partial charge is 0.466 e. The van der Waals surface area contributed by atoms with Crippen molar-refractivity contribution in [1.82, 2.24) is 4.90 Å². The molecule has 156 valence electrons. The summed E-state index contributed by atoms with van der Waals surface area (Å²) in [6.45, 7) is 4.07. The van der Waals surface area contributed by atoms with Crippen LogP contribution in [-0.2, 0) is 25.5 Å². The van der Waals surface area contributed by atoms with Crippen LogP contribution in [0.5, 0.6) is 0 Å². The molecule has 1 aromatic carbocycles. The van der Waals surface area contributed by atoms with Gasteiger partial charge in [0.25, 0.3) is 0 Å². The Kier molecular flexibility index (Phi) is 8.83. The molecule has 1 unspecified atom stereocenters. The summed E-state index contributed by atoms with van der Waals surface area (Å²) in [5.74, 6) is 0.134. The normalized spacial score (nSPS) is 21.4. The molecule has 28 heavy (non-hydrogen) atoms. The van der Waals surface area contributed by atoms with Gasteiger partial charge in [-0.1, -0.05) is 24.3 Å². The minimum Gasteiger partial charge on any atom is -0.466 e. The minimum absolute atomic E-state index is 0.0343. The molecule has 1 aromatic rings. The van der Waals surface area contributed by atoms with Gasteiger partial charge in [0.2, 0.25) is 0 Å². The topological polar surface area (TPSA) is 55.8 Å². The van der Waals surface area contributed by atoms with Crippen LogP contribution in [0, 0.1) is 5.92 Å². The molecule has 1 aliphatic rings. The highest BCUT2D eigenvalue weighted by Crippen LogP contribution is 2.32. The smallest absolute Gasteiger partial charge is 0.324 e. The molecule has 0 spiro atoms. The zero-order valence-electron chi connectivity index (χ0n) is 17.4. The lowest BCUT2D eigenvalue weighted by Gasteiger charge is -2.26. The quantitative estimate of drug-likeness (QED) is 0.502. The average molecular weight is 408 g/mol. The molecule has 1 aliphatic carbocycles. The summed E-state index contributed by atoms with van der Waals surface area (Å²) in [4.78, 5) is 26.2. The monoisotopic (exact) mass is 407 g/mol. The van der Waals surface area contributed by atoms with Crippen LogP contribution in [0.3, 0.4) is 0 Å². The van der Waals surface area contributed by atoms with Crippen LogP contribution in [0.15, 0.2) is 24.3 Å². The summed E-state index contributed by atoms with van der Waals surface area (Å²) >= 11 is 4.27. The lowest BCUT2D eigenvalue weighted by atomic mass is 9.93. The molecular weight excluding hydrogens is 374 g/mol. The number of nitrogens with zero attached hydrogens (tertiary/aromatic N) is 1. The second-order valence-electron chi connectivity index (χ2n) is 7.75. The van der Waals surface area contributed by atoms with E-state index < -0.39 is 0 Å². The van der Waals surface area contributed by atoms with Crippen LogP contribution < -0.4 is 0 Å². The second kappa shape index (κ2) is 10.9. The zero-order valence-corrected chi connectivity index (χ0v) is 18.3. The molecule has 1 fully saturated rings. The highest BCUT2D eigenvalue weighted by molar-refractivity contribution is 7.80. The number of esters is 2. The third kappa shape index (κ3) is 5.98. The second-order valence-corrected chi connectivity index (χ2v) is 8.11. The Labute approximate surface area is 174 Å². The van der Waals surface area contributed by atoms with E-state index >= 15 is 0 Å². The maximum Gasteiger partial charge on any atom is 0.324 e. The van der Waals surface area contributed by atoms with E-state index in [2.05, 4.69) is 24.8 Å². The minimum atomic E-state index is -0.312. The van der Waals surface area contributed by atoms with E-state index in [0.29, 0.717) is 18.3 Å². The molecule has 4 atom stereocenters. The Hall–Kier alpha value is -1.53. The molecule has 1 saturated carbocycles. The molecule has 5 nitrogen and oxygen atoms in total. The standard InChI is InChI=1S/C22H33NO4S/c1-5-26-21(24)15(2)17-11-9-16(10-12-17)13-18-7-6-8-20(18)27-22(25)19(14-28)23(3)4/h9-12,15,18-20,28H,5-8,13-14H2,1-4H3/t15-,18+,19?,20-/m0/s1. The molecule has 6 heteroatoms. The molecule has 0 N–H and O–H groups in total. The van der Waals surface area contributed by atoms with Crippen LogP contribution >= 0.6 is 12.6 Å². The van der Waals surface area contributed by atoms with Crippen molar-refractivity contribution in [2.24, 2.45) is 5.92 Å². The van der Waals surface area contributed by atoms with E-state index in [1.807, 2.05) is 45.0 Å². The SMILES string of the molecule is CCOC(=O)[C@@H](C)c1ccc(C[C@H]2CCC[C@@H]2OC(=O)C(CS)N(C)C)cc1. The number of hydrogen-bond donors (Lipinski definition) is 1. The van der Waals surface area contributed by atoms with Crippen molar-refractivity contribution >= 4 is 24.6 Å². The average Bonchev–Trinajstić information content (AvgIpc) is 3.08. The summed E-state index contributed by atoms with van der Waals surface area (Å²) in [7, 11) is 3.74. The first-order valence-corrected chi connectivity index (χ1v) is 10.7. The van der Waals surface area contributed by atoms with Gasteiger partial charge in [-0.05, 0) is 70.7 Å². The summed E-state index contributed by atoms with van der Waals surface area (Å²) in [6.07, 6.45) is 3.90. The Balaban J connectivity index is 1.96. The lowest BCUT2D eigenvalue weighted by molar-refractivity contribution is -0.155. The van der Waals surface area contributed by atoms with Gasteiger partial charge in [-0.25, -0.2) is 0 Å². The van der Waals surface area contributed by atoms with E-state index in [1.54, 1.807) is 0 Å². The summed E-state index contributed by atoms with van der Waals surface area (Å²) in [5.41, 5.74) is 2.16. The molecule has 2 rings (SSSR count). The Morgan fingerprint density at radius 3 is 2.43 bits per heavy atom. The lowest BCUT2D eigenvalue weighted by Crippen LogP contribution is -2.41. The fraction of sp³-hybridized carbons (Fsp3) is 0.636. The number of hydrogen-bond acceptors (Lipinski definition) is 6. The van der Waals surface area contributed by atoms with Gasteiger partial charge in [-0.15, -0.1) is 0 Å². The third-order valence-electron chi connectivity index (χ3n) is 5.54. The van der Waals surface area contributed by atoms with Gasteiger partial charge >= 0.3 is 11.9 Å². The van der Waals surface area contributed by atoms with Gasteiger partial charge in [0.05, 0.1) is 12.5 Å². The first-order valence-electron chi connectivity index (χ1n) is 10.1. The van der Waals surface area contributed by atoms with Crippen LogP contribution in [0.25, 0.3) is 0 Å². The first-order chi connectivity index (χ1) is 13.4. The first kappa shape index (κ1) is 22.8. The van der Waals surface area contributed by atoms with Crippen LogP contribution in [-0.4, -0.2) is 55.4 Å². The Morgan fingerprint density at radius 1 is 1.18 bits per heavy atom. The number of benzene rings is 1. The van der Waals surface area contributed by atoms with Gasteiger partial charge in [0, 0.05) is 5.75 Å². The highest BCUT2D eigenvalue weighted by atomic mass is 32.1. The molecule has 0 heterocycles. The molecule has 0 radical (unpaired) electrons. The van der Waals surface area contributed by atoms with E-state index in [0.717, 1.165) is 31.2 Å². The van der Waals surface area contributed by atoms with Crippen molar-refractivity contribution in [3.63, 3.8) is 0 Å². The third-order valence-corrected chi connectivity index (χ3v) is 5.89. The molecule has 0 amide bonds. The predicted octanol–water partition coefficient (Wildman–Crippen LogP) is 3.47. The van der Waals surface area contributed by atoms with Gasteiger partial charge in [-0.3, -0.25) is 14.5 Å². The van der Waals surface area contributed by atoms with E-state index in [1.165, 1.54) is 5.56 Å². The summed E-state index contributed by atoms with van der Waals surface area (Å²) in [5, 5.41) is 0. The number of carbonyl (C=O) groups is 2. The van der Waals surface area contributed by atoms with Crippen molar-refractivity contribution in [2.45, 2.75) is 57.6 Å². The number of carbonyl (C=O) groups excluding carboxylic acids is 2. The molecular formula is C22H33NO4S. The highest BCUT2D eigenvalue weighted by Gasteiger charge is 2.33. The van der Waals surface area contributed by atoms with E-state index in [-0.39, 0.29) is 30.0 Å². The van der Waals surface area contributed by atoms with Crippen molar-refractivity contribution in [2.75, 3.05) is 26.5 Å². The van der Waals surface area contributed by atoms with Gasteiger partial charge < -0.3 is 9.47 Å². The van der Waals surface area contributed by atoms with Crippen molar-refractivity contribution in [3.05, 3.63) is 35.4 Å². The van der Waals surface area contributed by atoms with Crippen LogP contribution in [0.4, 0.5) is 0 Å². The molecule has 0 bridgehead atoms. The fourth-order valence-corrected chi connectivity index (χ4v) is 4.19. The number of ether oxygens (including phenoxy) is 2. The molecule has 0 aromatic heterocycles. The van der Waals surface area contributed by atoms with Crippen molar-refractivity contribution < 1.29 is 19.1 Å². The summed E-state index contributed by atoms with van der Waals surface area (Å²) in [6, 6.07) is 7.82. The maximum atomic E-state index is 12.4. The maximum absolute atomic E-state index is 12.4.